The molecule has 4 rings (SSSR count). The second kappa shape index (κ2) is 7.95. The lowest BCUT2D eigenvalue weighted by atomic mass is 10.1. The van der Waals surface area contributed by atoms with Crippen LogP contribution < -0.4 is 9.80 Å². The quantitative estimate of drug-likeness (QED) is 0.684. The summed E-state index contributed by atoms with van der Waals surface area (Å²) in [4.78, 5) is 31.8. The molecule has 146 valence electrons. The molecule has 2 aromatic carbocycles. The topological polar surface area (TPSA) is 43.9 Å². The van der Waals surface area contributed by atoms with E-state index < -0.39 is 5.92 Å². The van der Waals surface area contributed by atoms with E-state index in [1.807, 2.05) is 29.2 Å². The van der Waals surface area contributed by atoms with E-state index in [9.17, 15) is 9.59 Å². The molecule has 0 radical (unpaired) electrons. The van der Waals surface area contributed by atoms with Gasteiger partial charge in [0.05, 0.1) is 0 Å². The van der Waals surface area contributed by atoms with E-state index in [-0.39, 0.29) is 11.8 Å². The van der Waals surface area contributed by atoms with Crippen LogP contribution >= 0.6 is 15.9 Å². The number of carbonyl (C=O) groups excluding carboxylic acids is 2. The molecule has 2 heterocycles. The van der Waals surface area contributed by atoms with Crippen molar-refractivity contribution in [2.45, 2.75) is 13.3 Å². The SMILES string of the molecule is Cc1cccc(N2CCN(C(=O)C3CCN(c4cccc(Br)c4)C3=O)CC2)c1. The Hall–Kier alpha value is -2.34. The molecule has 1 atom stereocenters. The van der Waals surface area contributed by atoms with E-state index in [1.165, 1.54) is 11.3 Å². The van der Waals surface area contributed by atoms with E-state index in [2.05, 4.69) is 52.0 Å². The lowest BCUT2D eigenvalue weighted by molar-refractivity contribution is -0.140. The third kappa shape index (κ3) is 3.78. The van der Waals surface area contributed by atoms with Gasteiger partial charge < -0.3 is 14.7 Å². The Kier molecular flexibility index (Phi) is 5.40. The summed E-state index contributed by atoms with van der Waals surface area (Å²) in [5, 5.41) is 0. The number of carbonyl (C=O) groups is 2. The monoisotopic (exact) mass is 441 g/mol. The van der Waals surface area contributed by atoms with Crippen molar-refractivity contribution in [3.8, 4) is 0 Å². The van der Waals surface area contributed by atoms with Gasteiger partial charge in [0.2, 0.25) is 11.8 Å². The number of piperazine rings is 1. The molecule has 2 aliphatic rings. The number of aryl methyl sites for hydroxylation is 1. The number of hydrogen-bond donors (Lipinski definition) is 0. The molecule has 2 fully saturated rings. The highest BCUT2D eigenvalue weighted by Crippen LogP contribution is 2.29. The van der Waals surface area contributed by atoms with Crippen LogP contribution in [0.1, 0.15) is 12.0 Å². The number of amides is 2. The van der Waals surface area contributed by atoms with Crippen LogP contribution in [0.4, 0.5) is 11.4 Å². The molecule has 0 spiro atoms. The molecule has 0 saturated carbocycles. The molecule has 0 bridgehead atoms. The minimum atomic E-state index is -0.551. The first-order valence-corrected chi connectivity index (χ1v) is 10.5. The molecule has 6 heteroatoms. The summed E-state index contributed by atoms with van der Waals surface area (Å²) < 4.78 is 0.930. The van der Waals surface area contributed by atoms with Crippen molar-refractivity contribution in [2.75, 3.05) is 42.5 Å². The third-order valence-corrected chi connectivity index (χ3v) is 6.07. The van der Waals surface area contributed by atoms with Gasteiger partial charge >= 0.3 is 0 Å². The first-order chi connectivity index (χ1) is 13.5. The van der Waals surface area contributed by atoms with E-state index in [4.69, 9.17) is 0 Å². The van der Waals surface area contributed by atoms with Crippen molar-refractivity contribution in [2.24, 2.45) is 5.92 Å². The smallest absolute Gasteiger partial charge is 0.239 e. The summed E-state index contributed by atoms with van der Waals surface area (Å²) in [7, 11) is 0. The van der Waals surface area contributed by atoms with Crippen molar-refractivity contribution >= 4 is 39.1 Å². The van der Waals surface area contributed by atoms with Gasteiger partial charge in [-0.1, -0.05) is 34.1 Å². The largest absolute Gasteiger partial charge is 0.368 e. The summed E-state index contributed by atoms with van der Waals surface area (Å²) in [5.74, 6) is -0.653. The molecule has 2 amide bonds. The van der Waals surface area contributed by atoms with Crippen LogP contribution in [-0.2, 0) is 9.59 Å². The second-order valence-corrected chi connectivity index (χ2v) is 8.38. The standard InChI is InChI=1S/C22H24BrN3O2/c1-16-4-2-6-18(14-16)24-10-12-25(13-11-24)21(27)20-8-9-26(22(20)28)19-7-3-5-17(23)15-19/h2-7,14-15,20H,8-13H2,1H3. The van der Waals surface area contributed by atoms with Crippen molar-refractivity contribution in [1.29, 1.82) is 0 Å². The number of hydrogen-bond acceptors (Lipinski definition) is 3. The van der Waals surface area contributed by atoms with Crippen molar-refractivity contribution in [3.63, 3.8) is 0 Å². The molecule has 0 aromatic heterocycles. The zero-order chi connectivity index (χ0) is 19.7. The van der Waals surface area contributed by atoms with E-state index in [1.54, 1.807) is 4.90 Å². The van der Waals surface area contributed by atoms with Gasteiger partial charge in [0.1, 0.15) is 5.92 Å². The van der Waals surface area contributed by atoms with Crippen LogP contribution in [0.3, 0.4) is 0 Å². The number of benzene rings is 2. The Morgan fingerprint density at radius 1 is 0.964 bits per heavy atom. The van der Waals surface area contributed by atoms with E-state index in [0.717, 1.165) is 23.2 Å². The number of anilines is 2. The van der Waals surface area contributed by atoms with Gasteiger partial charge in [-0.15, -0.1) is 0 Å². The van der Waals surface area contributed by atoms with Crippen molar-refractivity contribution in [3.05, 3.63) is 58.6 Å². The van der Waals surface area contributed by atoms with Gasteiger partial charge in [-0.05, 0) is 49.2 Å². The fourth-order valence-corrected chi connectivity index (χ4v) is 4.43. The summed E-state index contributed by atoms with van der Waals surface area (Å²) in [6.45, 7) is 5.60. The predicted molar refractivity (Wildman–Crippen MR) is 115 cm³/mol. The summed E-state index contributed by atoms with van der Waals surface area (Å²) >= 11 is 3.45. The first kappa shape index (κ1) is 19.0. The van der Waals surface area contributed by atoms with Gasteiger partial charge in [0.25, 0.3) is 0 Å². The molecule has 28 heavy (non-hydrogen) atoms. The Labute approximate surface area is 174 Å². The molecule has 0 N–H and O–H groups in total. The maximum atomic E-state index is 13.0. The van der Waals surface area contributed by atoms with Crippen LogP contribution in [0, 0.1) is 12.8 Å². The van der Waals surface area contributed by atoms with Gasteiger partial charge in [0.15, 0.2) is 0 Å². The molecule has 1 unspecified atom stereocenters. The number of nitrogens with zero attached hydrogens (tertiary/aromatic N) is 3. The van der Waals surface area contributed by atoms with Crippen LogP contribution in [-0.4, -0.2) is 49.4 Å². The maximum Gasteiger partial charge on any atom is 0.239 e. The zero-order valence-electron chi connectivity index (χ0n) is 16.0. The highest BCUT2D eigenvalue weighted by Gasteiger charge is 2.40. The third-order valence-electron chi connectivity index (χ3n) is 5.58. The highest BCUT2D eigenvalue weighted by molar-refractivity contribution is 9.10. The average molecular weight is 442 g/mol. The summed E-state index contributed by atoms with van der Waals surface area (Å²) in [6.07, 6.45) is 0.586. The molecular weight excluding hydrogens is 418 g/mol. The maximum absolute atomic E-state index is 13.0. The van der Waals surface area contributed by atoms with Crippen LogP contribution in [0.5, 0.6) is 0 Å². The lowest BCUT2D eigenvalue weighted by Gasteiger charge is -2.37. The summed E-state index contributed by atoms with van der Waals surface area (Å²) in [5.41, 5.74) is 3.28. The molecule has 2 saturated heterocycles. The van der Waals surface area contributed by atoms with E-state index in [0.29, 0.717) is 26.1 Å². The second-order valence-electron chi connectivity index (χ2n) is 7.46. The molecular formula is C22H24BrN3O2. The fourth-order valence-electron chi connectivity index (χ4n) is 4.04. The van der Waals surface area contributed by atoms with Crippen LogP contribution in [0.2, 0.25) is 0 Å². The van der Waals surface area contributed by atoms with Crippen molar-refractivity contribution < 1.29 is 9.59 Å². The number of rotatable bonds is 3. The van der Waals surface area contributed by atoms with Gasteiger partial charge in [-0.25, -0.2) is 0 Å². The average Bonchev–Trinajstić information content (AvgIpc) is 3.09. The molecule has 5 nitrogen and oxygen atoms in total. The normalized spacial score (nSPS) is 20.0. The predicted octanol–water partition coefficient (Wildman–Crippen LogP) is 3.46. The van der Waals surface area contributed by atoms with Crippen LogP contribution in [0.15, 0.2) is 53.0 Å². The molecule has 2 aromatic rings. The Bertz CT molecular complexity index is 893. The highest BCUT2D eigenvalue weighted by atomic mass is 79.9. The van der Waals surface area contributed by atoms with Gasteiger partial charge in [-0.3, -0.25) is 9.59 Å². The fraction of sp³-hybridized carbons (Fsp3) is 0.364. The van der Waals surface area contributed by atoms with Gasteiger partial charge in [0, 0.05) is 48.6 Å². The van der Waals surface area contributed by atoms with Gasteiger partial charge in [-0.2, -0.15) is 0 Å². The minimum Gasteiger partial charge on any atom is -0.368 e. The Balaban J connectivity index is 1.38. The van der Waals surface area contributed by atoms with Crippen molar-refractivity contribution in [1.82, 2.24) is 4.90 Å². The Morgan fingerprint density at radius 2 is 1.68 bits per heavy atom. The summed E-state index contributed by atoms with van der Waals surface area (Å²) in [6, 6.07) is 16.1. The molecule has 0 aliphatic carbocycles. The Morgan fingerprint density at radius 3 is 2.39 bits per heavy atom. The minimum absolute atomic E-state index is 0.0219. The lowest BCUT2D eigenvalue weighted by Crippen LogP contribution is -2.51. The molecule has 2 aliphatic heterocycles. The zero-order valence-corrected chi connectivity index (χ0v) is 17.6. The van der Waals surface area contributed by atoms with Crippen LogP contribution in [0.25, 0.3) is 0 Å². The van der Waals surface area contributed by atoms with E-state index >= 15 is 0 Å². The first-order valence-electron chi connectivity index (χ1n) is 9.70. The number of halogens is 1.